The molecule has 6 heteroatoms. The Labute approximate surface area is 94.4 Å². The largest absolute Gasteiger partial charge is 0.370 e. The van der Waals surface area contributed by atoms with E-state index in [4.69, 9.17) is 11.5 Å². The number of nitrogens with two attached hydrogens (primary N) is 2. The minimum absolute atomic E-state index is 0. The van der Waals surface area contributed by atoms with E-state index in [2.05, 4.69) is 10.3 Å². The minimum Gasteiger partial charge on any atom is -0.370 e. The molecule has 76 valence electrons. The monoisotopic (exact) mass is 298 g/mol. The molecule has 1 heterocycles. The first kappa shape index (κ1) is 12.5. The Bertz CT molecular complexity index is 203. The summed E-state index contributed by atoms with van der Waals surface area (Å²) in [6.07, 6.45) is 2.51. The predicted molar refractivity (Wildman–Crippen MR) is 61.9 cm³/mol. The molecule has 1 unspecified atom stereocenters. The number of nitrogens with zero attached hydrogens (tertiary/aromatic N) is 1. The Morgan fingerprint density at radius 1 is 1.62 bits per heavy atom. The number of amides is 1. The van der Waals surface area contributed by atoms with Crippen molar-refractivity contribution >= 4 is 35.8 Å². The average molecular weight is 298 g/mol. The summed E-state index contributed by atoms with van der Waals surface area (Å²) in [6, 6.07) is 0.119. The second kappa shape index (κ2) is 6.01. The number of guanidine groups is 1. The lowest BCUT2D eigenvalue weighted by molar-refractivity contribution is -0.123. The SMILES string of the molecule is I.NC(N)=NCC1CCCC(=O)N1. The van der Waals surface area contributed by atoms with E-state index in [9.17, 15) is 4.79 Å². The van der Waals surface area contributed by atoms with Crippen LogP contribution in [0.3, 0.4) is 0 Å². The van der Waals surface area contributed by atoms with Gasteiger partial charge in [-0.3, -0.25) is 9.79 Å². The van der Waals surface area contributed by atoms with Gasteiger partial charge in [-0.25, -0.2) is 0 Å². The summed E-state index contributed by atoms with van der Waals surface area (Å²) in [5.74, 6) is 0.173. The van der Waals surface area contributed by atoms with Crippen molar-refractivity contribution < 1.29 is 4.79 Å². The van der Waals surface area contributed by atoms with Crippen LogP contribution >= 0.6 is 24.0 Å². The summed E-state index contributed by atoms with van der Waals surface area (Å²) >= 11 is 0. The van der Waals surface area contributed by atoms with E-state index in [1.807, 2.05) is 0 Å². The van der Waals surface area contributed by atoms with Crippen molar-refractivity contribution in [2.75, 3.05) is 6.54 Å². The van der Waals surface area contributed by atoms with Crippen LogP contribution in [0.2, 0.25) is 0 Å². The van der Waals surface area contributed by atoms with Crippen LogP contribution in [-0.4, -0.2) is 24.5 Å². The molecule has 0 aromatic rings. The molecule has 0 saturated carbocycles. The van der Waals surface area contributed by atoms with Crippen molar-refractivity contribution in [3.8, 4) is 0 Å². The molecule has 5 nitrogen and oxygen atoms in total. The van der Waals surface area contributed by atoms with Crippen LogP contribution in [0.5, 0.6) is 0 Å². The lowest BCUT2D eigenvalue weighted by atomic mass is 10.0. The number of halogens is 1. The van der Waals surface area contributed by atoms with E-state index in [-0.39, 0.29) is 41.9 Å². The van der Waals surface area contributed by atoms with Crippen LogP contribution in [-0.2, 0) is 4.79 Å². The van der Waals surface area contributed by atoms with Crippen LogP contribution in [0, 0.1) is 0 Å². The average Bonchev–Trinajstić information content (AvgIpc) is 2.01. The van der Waals surface area contributed by atoms with Gasteiger partial charge in [0.15, 0.2) is 5.96 Å². The van der Waals surface area contributed by atoms with Crippen LogP contribution in [0.1, 0.15) is 19.3 Å². The van der Waals surface area contributed by atoms with Gasteiger partial charge in [-0.2, -0.15) is 0 Å². The molecule has 0 bridgehead atoms. The van der Waals surface area contributed by atoms with E-state index in [0.29, 0.717) is 13.0 Å². The quantitative estimate of drug-likeness (QED) is 0.366. The van der Waals surface area contributed by atoms with Gasteiger partial charge in [-0.1, -0.05) is 0 Å². The topological polar surface area (TPSA) is 93.5 Å². The van der Waals surface area contributed by atoms with Gasteiger partial charge in [-0.05, 0) is 12.8 Å². The van der Waals surface area contributed by atoms with E-state index < -0.39 is 0 Å². The molecule has 5 N–H and O–H groups in total. The fourth-order valence-corrected chi connectivity index (χ4v) is 1.23. The maximum atomic E-state index is 10.9. The molecule has 0 aromatic carbocycles. The molecular formula is C7H15IN4O. The second-order valence-electron chi connectivity index (χ2n) is 2.92. The first-order valence-corrected chi connectivity index (χ1v) is 4.03. The molecule has 0 radical (unpaired) electrons. The van der Waals surface area contributed by atoms with Crippen molar-refractivity contribution in [1.29, 1.82) is 0 Å². The summed E-state index contributed by atoms with van der Waals surface area (Å²) < 4.78 is 0. The molecule has 13 heavy (non-hydrogen) atoms. The van der Waals surface area contributed by atoms with Crippen LogP contribution in [0.15, 0.2) is 4.99 Å². The maximum absolute atomic E-state index is 10.9. The number of carbonyl (C=O) groups excluding carboxylic acids is 1. The number of piperidine rings is 1. The maximum Gasteiger partial charge on any atom is 0.220 e. The van der Waals surface area contributed by atoms with Crippen LogP contribution < -0.4 is 16.8 Å². The van der Waals surface area contributed by atoms with Crippen molar-refractivity contribution in [2.24, 2.45) is 16.5 Å². The van der Waals surface area contributed by atoms with E-state index in [1.54, 1.807) is 0 Å². The normalized spacial score (nSPS) is 21.2. The molecule has 0 aliphatic carbocycles. The van der Waals surface area contributed by atoms with Gasteiger partial charge < -0.3 is 16.8 Å². The van der Waals surface area contributed by atoms with Gasteiger partial charge in [0.1, 0.15) is 0 Å². The van der Waals surface area contributed by atoms with Gasteiger partial charge in [-0.15, -0.1) is 24.0 Å². The zero-order chi connectivity index (χ0) is 8.97. The number of rotatable bonds is 2. The lowest BCUT2D eigenvalue weighted by Gasteiger charge is -2.21. The minimum atomic E-state index is 0. The van der Waals surface area contributed by atoms with E-state index in [0.717, 1.165) is 12.8 Å². The first-order valence-electron chi connectivity index (χ1n) is 4.03. The molecule has 1 rings (SSSR count). The Morgan fingerprint density at radius 3 is 2.85 bits per heavy atom. The van der Waals surface area contributed by atoms with Gasteiger partial charge >= 0.3 is 0 Å². The Morgan fingerprint density at radius 2 is 2.31 bits per heavy atom. The highest BCUT2D eigenvalue weighted by Gasteiger charge is 2.16. The Balaban J connectivity index is 0.00000144. The van der Waals surface area contributed by atoms with Crippen molar-refractivity contribution in [3.05, 3.63) is 0 Å². The number of nitrogens with one attached hydrogen (secondary N) is 1. The third-order valence-electron chi connectivity index (χ3n) is 1.82. The molecule has 0 spiro atoms. The third-order valence-corrected chi connectivity index (χ3v) is 1.82. The summed E-state index contributed by atoms with van der Waals surface area (Å²) in [5, 5.41) is 2.81. The van der Waals surface area contributed by atoms with Crippen LogP contribution in [0.25, 0.3) is 0 Å². The fourth-order valence-electron chi connectivity index (χ4n) is 1.23. The molecule has 1 atom stereocenters. The standard InChI is InChI=1S/C7H14N4O.HI/c8-7(9)10-4-5-2-1-3-6(12)11-5;/h5H,1-4H2,(H,11,12)(H4,8,9,10);1H. The van der Waals surface area contributed by atoms with E-state index in [1.165, 1.54) is 0 Å². The highest BCUT2D eigenvalue weighted by Crippen LogP contribution is 2.07. The van der Waals surface area contributed by atoms with Gasteiger partial charge in [0.2, 0.25) is 5.91 Å². The number of carbonyl (C=O) groups is 1. The molecule has 1 amide bonds. The molecule has 1 aliphatic rings. The molecule has 1 saturated heterocycles. The fraction of sp³-hybridized carbons (Fsp3) is 0.714. The zero-order valence-electron chi connectivity index (χ0n) is 7.32. The highest BCUT2D eigenvalue weighted by molar-refractivity contribution is 14.0. The highest BCUT2D eigenvalue weighted by atomic mass is 127. The summed E-state index contributed by atoms with van der Waals surface area (Å²) in [5.41, 5.74) is 10.3. The third kappa shape index (κ3) is 4.91. The number of hydrogen-bond acceptors (Lipinski definition) is 2. The molecule has 0 aromatic heterocycles. The van der Waals surface area contributed by atoms with Gasteiger partial charge in [0.25, 0.3) is 0 Å². The summed E-state index contributed by atoms with van der Waals surface area (Å²) in [6.45, 7) is 0.494. The molecule has 1 aliphatic heterocycles. The predicted octanol–water partition coefficient (Wildman–Crippen LogP) is -0.454. The zero-order valence-corrected chi connectivity index (χ0v) is 9.65. The molecular weight excluding hydrogens is 283 g/mol. The van der Waals surface area contributed by atoms with Gasteiger partial charge in [0.05, 0.1) is 6.54 Å². The van der Waals surface area contributed by atoms with Crippen molar-refractivity contribution in [2.45, 2.75) is 25.3 Å². The molecule has 1 fully saturated rings. The second-order valence-corrected chi connectivity index (χ2v) is 2.92. The van der Waals surface area contributed by atoms with E-state index >= 15 is 0 Å². The van der Waals surface area contributed by atoms with Gasteiger partial charge in [0, 0.05) is 12.5 Å². The number of aliphatic imine (C=N–C) groups is 1. The summed E-state index contributed by atoms with van der Waals surface area (Å²) in [4.78, 5) is 14.7. The first-order chi connectivity index (χ1) is 5.68. The van der Waals surface area contributed by atoms with Crippen molar-refractivity contribution in [3.63, 3.8) is 0 Å². The smallest absolute Gasteiger partial charge is 0.220 e. The van der Waals surface area contributed by atoms with Crippen molar-refractivity contribution in [1.82, 2.24) is 5.32 Å². The Kier molecular flexibility index (Phi) is 5.76. The Hall–Kier alpha value is -0.530. The summed E-state index contributed by atoms with van der Waals surface area (Å²) in [7, 11) is 0. The lowest BCUT2D eigenvalue weighted by Crippen LogP contribution is -2.41. The van der Waals surface area contributed by atoms with Crippen LogP contribution in [0.4, 0.5) is 0 Å². The number of hydrogen-bond donors (Lipinski definition) is 3.